The minimum Gasteiger partial charge on any atom is -0.496 e. The fourth-order valence-electron chi connectivity index (χ4n) is 2.27. The molecule has 21 heavy (non-hydrogen) atoms. The fourth-order valence-corrected chi connectivity index (χ4v) is 2.27. The summed E-state index contributed by atoms with van der Waals surface area (Å²) in [6.07, 6.45) is -4.33. The number of aryl methyl sites for hydroxylation is 1. The van der Waals surface area contributed by atoms with Gasteiger partial charge in [-0.15, -0.1) is 0 Å². The largest absolute Gasteiger partial charge is 0.496 e. The number of rotatable bonds is 3. The van der Waals surface area contributed by atoms with Gasteiger partial charge in [-0.3, -0.25) is 0 Å². The first-order chi connectivity index (χ1) is 9.86. The molecule has 2 N–H and O–H groups in total. The highest BCUT2D eigenvalue weighted by molar-refractivity contribution is 5.69. The summed E-state index contributed by atoms with van der Waals surface area (Å²) in [5.74, 6) is 0.672. The number of hydrogen-bond donors (Lipinski definition) is 1. The van der Waals surface area contributed by atoms with Gasteiger partial charge in [0.15, 0.2) is 0 Å². The Morgan fingerprint density at radius 3 is 2.33 bits per heavy atom. The highest BCUT2D eigenvalue weighted by atomic mass is 19.4. The molecule has 2 aromatic carbocycles. The first kappa shape index (κ1) is 15.4. The lowest BCUT2D eigenvalue weighted by molar-refractivity contribution is -0.137. The van der Waals surface area contributed by atoms with Crippen molar-refractivity contribution < 1.29 is 17.9 Å². The lowest BCUT2D eigenvalue weighted by Crippen LogP contribution is -2.05. The minimum atomic E-state index is -4.33. The van der Waals surface area contributed by atoms with Crippen molar-refractivity contribution in [2.75, 3.05) is 7.11 Å². The molecule has 0 aliphatic carbocycles. The van der Waals surface area contributed by atoms with E-state index in [0.29, 0.717) is 17.9 Å². The van der Waals surface area contributed by atoms with Gasteiger partial charge in [0.2, 0.25) is 0 Å². The quantitative estimate of drug-likeness (QED) is 0.923. The van der Waals surface area contributed by atoms with E-state index in [1.807, 2.05) is 12.1 Å². The predicted molar refractivity (Wildman–Crippen MR) is 76.1 cm³/mol. The molecule has 0 radical (unpaired) electrons. The van der Waals surface area contributed by atoms with Gasteiger partial charge < -0.3 is 10.5 Å². The first-order valence-corrected chi connectivity index (χ1v) is 6.42. The van der Waals surface area contributed by atoms with Gasteiger partial charge in [0.25, 0.3) is 0 Å². The molecule has 0 fully saturated rings. The summed E-state index contributed by atoms with van der Waals surface area (Å²) in [4.78, 5) is 0. The Bertz CT molecular complexity index is 650. The fraction of sp³-hybridized carbons (Fsp3) is 0.250. The van der Waals surface area contributed by atoms with Gasteiger partial charge in [0, 0.05) is 12.1 Å². The molecule has 2 aromatic rings. The lowest BCUT2D eigenvalue weighted by atomic mass is 9.96. The summed E-state index contributed by atoms with van der Waals surface area (Å²) in [5.41, 5.74) is 7.98. The molecule has 2 rings (SSSR count). The second-order valence-electron chi connectivity index (χ2n) is 4.76. The molecule has 0 bridgehead atoms. The van der Waals surface area contributed by atoms with Crippen LogP contribution in [0.25, 0.3) is 11.1 Å². The van der Waals surface area contributed by atoms with E-state index in [1.54, 1.807) is 20.1 Å². The number of nitrogens with two attached hydrogens (primary N) is 1. The average molecular weight is 295 g/mol. The van der Waals surface area contributed by atoms with Crippen LogP contribution in [0.3, 0.4) is 0 Å². The summed E-state index contributed by atoms with van der Waals surface area (Å²) in [7, 11) is 1.55. The van der Waals surface area contributed by atoms with Crippen LogP contribution < -0.4 is 10.5 Å². The Kier molecular flexibility index (Phi) is 4.23. The topological polar surface area (TPSA) is 35.2 Å². The molecule has 0 saturated carbocycles. The maximum absolute atomic E-state index is 12.7. The van der Waals surface area contributed by atoms with E-state index in [4.69, 9.17) is 10.5 Å². The number of benzene rings is 2. The highest BCUT2D eigenvalue weighted by Crippen LogP contribution is 2.34. The number of alkyl halides is 3. The third kappa shape index (κ3) is 3.19. The molecule has 0 saturated heterocycles. The van der Waals surface area contributed by atoms with Gasteiger partial charge in [-0.2, -0.15) is 13.2 Å². The van der Waals surface area contributed by atoms with Gasteiger partial charge in [-0.05, 0) is 47.9 Å². The van der Waals surface area contributed by atoms with Crippen LogP contribution in [-0.4, -0.2) is 7.11 Å². The van der Waals surface area contributed by atoms with Crippen LogP contribution >= 0.6 is 0 Å². The third-order valence-corrected chi connectivity index (χ3v) is 3.37. The molecule has 0 aliphatic heterocycles. The van der Waals surface area contributed by atoms with Crippen molar-refractivity contribution in [1.82, 2.24) is 0 Å². The zero-order valence-electron chi connectivity index (χ0n) is 11.8. The SMILES string of the molecule is COc1ccc(-c2ccc(C(F)(F)F)cc2C)cc1CN. The molecule has 0 amide bonds. The lowest BCUT2D eigenvalue weighted by Gasteiger charge is -2.13. The molecule has 112 valence electrons. The highest BCUT2D eigenvalue weighted by Gasteiger charge is 2.30. The second-order valence-corrected chi connectivity index (χ2v) is 4.76. The second kappa shape index (κ2) is 5.77. The Morgan fingerprint density at radius 2 is 1.81 bits per heavy atom. The normalized spacial score (nSPS) is 11.5. The van der Waals surface area contributed by atoms with Crippen LogP contribution in [0, 0.1) is 6.92 Å². The van der Waals surface area contributed by atoms with E-state index in [9.17, 15) is 13.2 Å². The van der Waals surface area contributed by atoms with Crippen LogP contribution in [0.5, 0.6) is 5.75 Å². The van der Waals surface area contributed by atoms with Crippen molar-refractivity contribution in [3.05, 3.63) is 53.1 Å². The van der Waals surface area contributed by atoms with Gasteiger partial charge in [-0.25, -0.2) is 0 Å². The van der Waals surface area contributed by atoms with Crippen molar-refractivity contribution in [2.24, 2.45) is 5.73 Å². The number of hydrogen-bond acceptors (Lipinski definition) is 2. The monoisotopic (exact) mass is 295 g/mol. The van der Waals surface area contributed by atoms with Crippen LogP contribution in [0.4, 0.5) is 13.2 Å². The third-order valence-electron chi connectivity index (χ3n) is 3.37. The van der Waals surface area contributed by atoms with Crippen molar-refractivity contribution in [3.63, 3.8) is 0 Å². The molecular formula is C16H16F3NO. The van der Waals surface area contributed by atoms with E-state index >= 15 is 0 Å². The minimum absolute atomic E-state index is 0.302. The van der Waals surface area contributed by atoms with Crippen molar-refractivity contribution in [1.29, 1.82) is 0 Å². The molecule has 5 heteroatoms. The van der Waals surface area contributed by atoms with Crippen LogP contribution in [0.1, 0.15) is 16.7 Å². The average Bonchev–Trinajstić information content (AvgIpc) is 2.45. The standard InChI is InChI=1S/C16H16F3NO/c1-10-7-13(16(17,18)19)4-5-14(10)11-3-6-15(21-2)12(8-11)9-20/h3-8H,9,20H2,1-2H3. The summed E-state index contributed by atoms with van der Waals surface area (Å²) >= 11 is 0. The summed E-state index contributed by atoms with van der Waals surface area (Å²) in [5, 5.41) is 0. The number of halogens is 3. The predicted octanol–water partition coefficient (Wildman–Crippen LogP) is 4.15. The summed E-state index contributed by atoms with van der Waals surface area (Å²) < 4.78 is 43.3. The molecule has 2 nitrogen and oxygen atoms in total. The number of methoxy groups -OCH3 is 1. The Balaban J connectivity index is 2.48. The maximum Gasteiger partial charge on any atom is 0.416 e. The molecule has 0 unspecified atom stereocenters. The summed E-state index contributed by atoms with van der Waals surface area (Å²) in [6, 6.07) is 9.16. The van der Waals surface area contributed by atoms with Crippen LogP contribution in [0.2, 0.25) is 0 Å². The first-order valence-electron chi connectivity index (χ1n) is 6.42. The molecule has 0 atom stereocenters. The smallest absolute Gasteiger partial charge is 0.416 e. The molecule has 0 heterocycles. The molecular weight excluding hydrogens is 279 g/mol. The van der Waals surface area contributed by atoms with Crippen molar-refractivity contribution >= 4 is 0 Å². The Morgan fingerprint density at radius 1 is 1.10 bits per heavy atom. The van der Waals surface area contributed by atoms with Gasteiger partial charge in [0.05, 0.1) is 12.7 Å². The van der Waals surface area contributed by atoms with E-state index in [2.05, 4.69) is 0 Å². The van der Waals surface area contributed by atoms with Crippen molar-refractivity contribution in [3.8, 4) is 16.9 Å². The number of ether oxygens (including phenoxy) is 1. The van der Waals surface area contributed by atoms with Gasteiger partial charge in [-0.1, -0.05) is 12.1 Å². The van der Waals surface area contributed by atoms with E-state index in [0.717, 1.165) is 28.8 Å². The molecule has 0 spiro atoms. The van der Waals surface area contributed by atoms with Gasteiger partial charge >= 0.3 is 6.18 Å². The van der Waals surface area contributed by atoms with E-state index in [-0.39, 0.29) is 0 Å². The molecule has 0 aliphatic rings. The molecule has 0 aromatic heterocycles. The van der Waals surface area contributed by atoms with Crippen molar-refractivity contribution in [2.45, 2.75) is 19.6 Å². The van der Waals surface area contributed by atoms with Crippen LogP contribution in [-0.2, 0) is 12.7 Å². The Hall–Kier alpha value is -2.01. The van der Waals surface area contributed by atoms with E-state index in [1.165, 1.54) is 6.07 Å². The van der Waals surface area contributed by atoms with Gasteiger partial charge in [0.1, 0.15) is 5.75 Å². The van der Waals surface area contributed by atoms with Crippen LogP contribution in [0.15, 0.2) is 36.4 Å². The Labute approximate surface area is 121 Å². The zero-order chi connectivity index (χ0) is 15.6. The van der Waals surface area contributed by atoms with E-state index < -0.39 is 11.7 Å². The zero-order valence-corrected chi connectivity index (χ0v) is 11.8. The maximum atomic E-state index is 12.7. The summed E-state index contributed by atoms with van der Waals surface area (Å²) in [6.45, 7) is 1.97.